The molecule has 0 unspecified atom stereocenters. The number of halogens is 1. The van der Waals surface area contributed by atoms with Gasteiger partial charge in [-0.25, -0.2) is 0 Å². The average Bonchev–Trinajstić information content (AvgIpc) is 2.66. The van der Waals surface area contributed by atoms with Crippen LogP contribution in [0.4, 0.5) is 5.69 Å². The van der Waals surface area contributed by atoms with E-state index < -0.39 is 0 Å². The zero-order valence-corrected chi connectivity index (χ0v) is 13.2. The Hall–Kier alpha value is -1.10. The Morgan fingerprint density at radius 2 is 2.11 bits per heavy atom. The highest BCUT2D eigenvalue weighted by Gasteiger charge is 2.07. The Labute approximate surface area is 127 Å². The number of hydrogen-bond acceptors (Lipinski definition) is 3. The summed E-state index contributed by atoms with van der Waals surface area (Å²) < 4.78 is 0. The van der Waals surface area contributed by atoms with Crippen LogP contribution in [-0.2, 0) is 6.54 Å². The Kier molecular flexibility index (Phi) is 4.45. The van der Waals surface area contributed by atoms with Crippen molar-refractivity contribution >= 4 is 45.8 Å². The van der Waals surface area contributed by atoms with Crippen LogP contribution < -0.4 is 11.1 Å². The predicted molar refractivity (Wildman–Crippen MR) is 88.5 cm³/mol. The highest BCUT2D eigenvalue weighted by molar-refractivity contribution is 7.80. The molecule has 0 saturated heterocycles. The summed E-state index contributed by atoms with van der Waals surface area (Å²) in [7, 11) is 0. The first-order valence-corrected chi connectivity index (χ1v) is 7.47. The molecule has 19 heavy (non-hydrogen) atoms. The van der Waals surface area contributed by atoms with Gasteiger partial charge in [0.1, 0.15) is 4.99 Å². The maximum absolute atomic E-state index is 6.01. The zero-order chi connectivity index (χ0) is 14.0. The fraction of sp³-hybridized carbons (Fsp3) is 0.214. The van der Waals surface area contributed by atoms with E-state index in [1.807, 2.05) is 12.1 Å². The first-order valence-electron chi connectivity index (χ1n) is 5.86. The minimum Gasteiger partial charge on any atom is -0.389 e. The molecular formula is C14H15ClN2S2. The predicted octanol–water partition coefficient (Wildman–Crippen LogP) is 4.26. The van der Waals surface area contributed by atoms with Crippen molar-refractivity contribution in [2.45, 2.75) is 20.4 Å². The molecule has 0 aliphatic heterocycles. The Bertz CT molecular complexity index is 600. The number of hydrogen-bond donors (Lipinski definition) is 2. The van der Waals surface area contributed by atoms with Crippen molar-refractivity contribution < 1.29 is 0 Å². The van der Waals surface area contributed by atoms with Gasteiger partial charge in [-0.1, -0.05) is 23.8 Å². The van der Waals surface area contributed by atoms with E-state index in [-0.39, 0.29) is 0 Å². The molecule has 0 aliphatic carbocycles. The third-order valence-electron chi connectivity index (χ3n) is 2.92. The Morgan fingerprint density at radius 3 is 2.68 bits per heavy atom. The van der Waals surface area contributed by atoms with E-state index in [9.17, 15) is 0 Å². The molecule has 5 heteroatoms. The quantitative estimate of drug-likeness (QED) is 0.828. The van der Waals surface area contributed by atoms with Gasteiger partial charge in [0.05, 0.1) is 0 Å². The van der Waals surface area contributed by atoms with E-state index in [1.165, 1.54) is 15.3 Å². The third-order valence-corrected chi connectivity index (χ3v) is 4.52. The van der Waals surface area contributed by atoms with E-state index >= 15 is 0 Å². The molecule has 0 aliphatic rings. The molecule has 1 aromatic heterocycles. The lowest BCUT2D eigenvalue weighted by molar-refractivity contribution is 1.19. The lowest BCUT2D eigenvalue weighted by Gasteiger charge is -2.10. The molecule has 0 spiro atoms. The Balaban J connectivity index is 2.19. The minimum absolute atomic E-state index is 0.373. The van der Waals surface area contributed by atoms with Gasteiger partial charge in [0, 0.05) is 32.6 Å². The normalized spacial score (nSPS) is 10.5. The largest absolute Gasteiger partial charge is 0.389 e. The molecular weight excluding hydrogens is 296 g/mol. The van der Waals surface area contributed by atoms with Gasteiger partial charge in [-0.05, 0) is 43.7 Å². The van der Waals surface area contributed by atoms with Gasteiger partial charge in [0.2, 0.25) is 0 Å². The van der Waals surface area contributed by atoms with E-state index in [0.717, 1.165) is 17.8 Å². The summed E-state index contributed by atoms with van der Waals surface area (Å²) in [6.45, 7) is 4.99. The molecule has 3 N–H and O–H groups in total. The van der Waals surface area contributed by atoms with Crippen LogP contribution in [0, 0.1) is 13.8 Å². The minimum atomic E-state index is 0.373. The highest BCUT2D eigenvalue weighted by Crippen LogP contribution is 2.24. The van der Waals surface area contributed by atoms with Gasteiger partial charge in [-0.2, -0.15) is 0 Å². The first-order chi connectivity index (χ1) is 8.97. The highest BCUT2D eigenvalue weighted by atomic mass is 35.5. The standard InChI is InChI=1S/C14H15ClN2S2/c1-8-5-11(19-9(8)2)7-17-13-6-10(15)3-4-12(13)14(16)18/h3-6,17H,7H2,1-2H3,(H2,16,18). The summed E-state index contributed by atoms with van der Waals surface area (Å²) in [4.78, 5) is 3.00. The molecule has 0 bridgehead atoms. The third kappa shape index (κ3) is 3.47. The fourth-order valence-corrected chi connectivity index (χ4v) is 3.14. The second kappa shape index (κ2) is 5.90. The maximum atomic E-state index is 6.01. The maximum Gasteiger partial charge on any atom is 0.106 e. The number of anilines is 1. The fourth-order valence-electron chi connectivity index (χ4n) is 1.80. The van der Waals surface area contributed by atoms with Crippen molar-refractivity contribution in [2.75, 3.05) is 5.32 Å². The number of benzene rings is 1. The van der Waals surface area contributed by atoms with E-state index in [2.05, 4.69) is 25.2 Å². The molecule has 2 aromatic rings. The van der Waals surface area contributed by atoms with Crippen molar-refractivity contribution in [3.63, 3.8) is 0 Å². The van der Waals surface area contributed by atoms with Crippen LogP contribution in [0.1, 0.15) is 20.9 Å². The van der Waals surface area contributed by atoms with Gasteiger partial charge >= 0.3 is 0 Å². The number of thiophene rings is 1. The van der Waals surface area contributed by atoms with Crippen molar-refractivity contribution in [1.29, 1.82) is 0 Å². The van der Waals surface area contributed by atoms with Crippen LogP contribution in [0.2, 0.25) is 5.02 Å². The topological polar surface area (TPSA) is 38.0 Å². The summed E-state index contributed by atoms with van der Waals surface area (Å²) in [5, 5.41) is 4.02. The zero-order valence-electron chi connectivity index (χ0n) is 10.8. The van der Waals surface area contributed by atoms with Crippen molar-refractivity contribution in [3.8, 4) is 0 Å². The van der Waals surface area contributed by atoms with E-state index in [4.69, 9.17) is 29.6 Å². The van der Waals surface area contributed by atoms with Crippen LogP contribution in [0.3, 0.4) is 0 Å². The molecule has 1 heterocycles. The van der Waals surface area contributed by atoms with Crippen molar-refractivity contribution in [2.24, 2.45) is 5.73 Å². The monoisotopic (exact) mass is 310 g/mol. The lowest BCUT2D eigenvalue weighted by atomic mass is 10.1. The molecule has 2 rings (SSSR count). The lowest BCUT2D eigenvalue weighted by Crippen LogP contribution is -2.13. The molecule has 0 radical (unpaired) electrons. The summed E-state index contributed by atoms with van der Waals surface area (Å²) in [5.41, 5.74) is 8.74. The Morgan fingerprint density at radius 1 is 1.37 bits per heavy atom. The number of thiocarbonyl (C=S) groups is 1. The summed E-state index contributed by atoms with van der Waals surface area (Å²) in [5.74, 6) is 0. The van der Waals surface area contributed by atoms with Crippen LogP contribution in [0.15, 0.2) is 24.3 Å². The van der Waals surface area contributed by atoms with Crippen molar-refractivity contribution in [3.05, 3.63) is 50.2 Å². The molecule has 2 nitrogen and oxygen atoms in total. The summed E-state index contributed by atoms with van der Waals surface area (Å²) in [6, 6.07) is 7.68. The van der Waals surface area contributed by atoms with Crippen LogP contribution >= 0.6 is 35.2 Å². The van der Waals surface area contributed by atoms with Gasteiger partial charge in [0.25, 0.3) is 0 Å². The smallest absolute Gasteiger partial charge is 0.106 e. The molecule has 0 atom stereocenters. The molecule has 0 amide bonds. The van der Waals surface area contributed by atoms with Crippen LogP contribution in [-0.4, -0.2) is 4.99 Å². The van der Waals surface area contributed by atoms with Crippen LogP contribution in [0.25, 0.3) is 0 Å². The SMILES string of the molecule is Cc1cc(CNc2cc(Cl)ccc2C(N)=S)sc1C. The second-order valence-corrected chi connectivity index (χ2v) is 6.58. The molecule has 0 saturated carbocycles. The van der Waals surface area contributed by atoms with E-state index in [1.54, 1.807) is 17.4 Å². The van der Waals surface area contributed by atoms with Gasteiger partial charge in [-0.15, -0.1) is 11.3 Å². The number of nitrogens with two attached hydrogens (primary N) is 1. The molecule has 1 aromatic carbocycles. The second-order valence-electron chi connectivity index (χ2n) is 4.36. The van der Waals surface area contributed by atoms with Crippen LogP contribution in [0.5, 0.6) is 0 Å². The molecule has 0 fully saturated rings. The van der Waals surface area contributed by atoms with Gasteiger partial charge < -0.3 is 11.1 Å². The average molecular weight is 311 g/mol. The van der Waals surface area contributed by atoms with Gasteiger partial charge in [-0.3, -0.25) is 0 Å². The van der Waals surface area contributed by atoms with Crippen molar-refractivity contribution in [1.82, 2.24) is 0 Å². The summed E-state index contributed by atoms with van der Waals surface area (Å²) >= 11 is 12.8. The number of aryl methyl sites for hydroxylation is 2. The number of nitrogens with one attached hydrogen (secondary N) is 1. The molecule has 100 valence electrons. The van der Waals surface area contributed by atoms with E-state index in [0.29, 0.717) is 10.0 Å². The summed E-state index contributed by atoms with van der Waals surface area (Å²) in [6.07, 6.45) is 0. The van der Waals surface area contributed by atoms with Gasteiger partial charge in [0.15, 0.2) is 0 Å². The first kappa shape index (κ1) is 14.3. The number of rotatable bonds is 4.